The molecule has 0 aliphatic carbocycles. The van der Waals surface area contributed by atoms with Crippen molar-refractivity contribution in [2.45, 2.75) is 31.2 Å². The number of nitrogens with one attached hydrogen (secondary N) is 1. The van der Waals surface area contributed by atoms with Gasteiger partial charge in [-0.25, -0.2) is 13.1 Å². The molecular weight excluding hydrogens is 308 g/mol. The van der Waals surface area contributed by atoms with Crippen molar-refractivity contribution in [3.63, 3.8) is 0 Å². The number of aryl methyl sites for hydroxylation is 1. The number of sulfonamides is 1. The molecule has 0 radical (unpaired) electrons. The molecule has 2 aromatic carbocycles. The first-order valence-electron chi connectivity index (χ1n) is 7.95. The van der Waals surface area contributed by atoms with Gasteiger partial charge in [0.2, 0.25) is 10.0 Å². The maximum Gasteiger partial charge on any atom is 0.241 e. The Bertz CT molecular complexity index is 764. The maximum atomic E-state index is 12.4. The van der Waals surface area contributed by atoms with Crippen LogP contribution >= 0.6 is 0 Å². The summed E-state index contributed by atoms with van der Waals surface area (Å²) in [6.07, 6.45) is 2.50. The van der Waals surface area contributed by atoms with Gasteiger partial charge in [0.1, 0.15) is 0 Å². The van der Waals surface area contributed by atoms with Crippen LogP contribution in [0, 0.1) is 6.92 Å². The zero-order chi connectivity index (χ0) is 16.3. The van der Waals surface area contributed by atoms with Crippen LogP contribution in [-0.4, -0.2) is 21.5 Å². The third-order valence-electron chi connectivity index (χ3n) is 4.26. The van der Waals surface area contributed by atoms with Gasteiger partial charge in [0.25, 0.3) is 0 Å². The SMILES string of the molecule is Cc1ccccc1S(=O)(=O)NCc1ccc(N2CCCC2)cc1. The summed E-state index contributed by atoms with van der Waals surface area (Å²) in [5.41, 5.74) is 2.93. The zero-order valence-corrected chi connectivity index (χ0v) is 14.1. The van der Waals surface area contributed by atoms with Gasteiger partial charge in [-0.1, -0.05) is 30.3 Å². The van der Waals surface area contributed by atoms with Gasteiger partial charge < -0.3 is 4.90 Å². The zero-order valence-electron chi connectivity index (χ0n) is 13.3. The molecule has 122 valence electrons. The lowest BCUT2D eigenvalue weighted by atomic mass is 10.2. The summed E-state index contributed by atoms with van der Waals surface area (Å²) >= 11 is 0. The lowest BCUT2D eigenvalue weighted by Gasteiger charge is -2.17. The Balaban J connectivity index is 1.67. The number of nitrogens with zero attached hydrogens (tertiary/aromatic N) is 1. The number of benzene rings is 2. The Morgan fingerprint density at radius 2 is 1.65 bits per heavy atom. The van der Waals surface area contributed by atoms with Crippen LogP contribution in [0.25, 0.3) is 0 Å². The average molecular weight is 330 g/mol. The number of rotatable bonds is 5. The summed E-state index contributed by atoms with van der Waals surface area (Å²) in [6, 6.07) is 15.2. The first-order valence-corrected chi connectivity index (χ1v) is 9.44. The Kier molecular flexibility index (Phi) is 4.68. The molecule has 0 unspecified atom stereocenters. The van der Waals surface area contributed by atoms with Gasteiger partial charge in [-0.3, -0.25) is 0 Å². The van der Waals surface area contributed by atoms with Crippen molar-refractivity contribution in [1.82, 2.24) is 4.72 Å². The van der Waals surface area contributed by atoms with Gasteiger partial charge >= 0.3 is 0 Å². The number of anilines is 1. The first kappa shape index (κ1) is 16.0. The second kappa shape index (κ2) is 6.72. The topological polar surface area (TPSA) is 49.4 Å². The van der Waals surface area contributed by atoms with Gasteiger partial charge in [-0.2, -0.15) is 0 Å². The van der Waals surface area contributed by atoms with Crippen molar-refractivity contribution in [2.24, 2.45) is 0 Å². The van der Waals surface area contributed by atoms with Crippen molar-refractivity contribution >= 4 is 15.7 Å². The van der Waals surface area contributed by atoms with Crippen molar-refractivity contribution in [1.29, 1.82) is 0 Å². The fourth-order valence-corrected chi connectivity index (χ4v) is 4.18. The molecule has 1 aliphatic rings. The molecule has 1 N–H and O–H groups in total. The summed E-state index contributed by atoms with van der Waals surface area (Å²) in [5.74, 6) is 0. The van der Waals surface area contributed by atoms with E-state index in [2.05, 4.69) is 21.8 Å². The molecule has 0 atom stereocenters. The van der Waals surface area contributed by atoms with Gasteiger partial charge in [0, 0.05) is 25.3 Å². The van der Waals surface area contributed by atoms with E-state index in [0.29, 0.717) is 11.4 Å². The van der Waals surface area contributed by atoms with Gasteiger partial charge in [-0.05, 0) is 49.1 Å². The van der Waals surface area contributed by atoms with Crippen LogP contribution in [-0.2, 0) is 16.6 Å². The largest absolute Gasteiger partial charge is 0.372 e. The van der Waals surface area contributed by atoms with Crippen LogP contribution in [0.4, 0.5) is 5.69 Å². The molecule has 4 nitrogen and oxygen atoms in total. The molecule has 1 heterocycles. The van der Waals surface area contributed by atoms with Gasteiger partial charge in [0.15, 0.2) is 0 Å². The second-order valence-corrected chi connectivity index (χ2v) is 7.69. The molecule has 5 heteroatoms. The van der Waals surface area contributed by atoms with Crippen LogP contribution in [0.5, 0.6) is 0 Å². The van der Waals surface area contributed by atoms with Gasteiger partial charge in [-0.15, -0.1) is 0 Å². The molecule has 0 spiro atoms. The van der Waals surface area contributed by atoms with Crippen LogP contribution in [0.15, 0.2) is 53.4 Å². The summed E-state index contributed by atoms with van der Waals surface area (Å²) in [4.78, 5) is 2.70. The predicted octanol–water partition coefficient (Wildman–Crippen LogP) is 3.07. The quantitative estimate of drug-likeness (QED) is 0.916. The lowest BCUT2D eigenvalue weighted by Crippen LogP contribution is -2.24. The number of hydrogen-bond donors (Lipinski definition) is 1. The molecule has 3 rings (SSSR count). The summed E-state index contributed by atoms with van der Waals surface area (Å²) < 4.78 is 27.4. The fraction of sp³-hybridized carbons (Fsp3) is 0.333. The van der Waals surface area contributed by atoms with Crippen LogP contribution < -0.4 is 9.62 Å². The van der Waals surface area contributed by atoms with E-state index in [-0.39, 0.29) is 0 Å². The highest BCUT2D eigenvalue weighted by Gasteiger charge is 2.16. The monoisotopic (exact) mass is 330 g/mol. The smallest absolute Gasteiger partial charge is 0.241 e. The van der Waals surface area contributed by atoms with Crippen LogP contribution in [0.1, 0.15) is 24.0 Å². The summed E-state index contributed by atoms with van der Waals surface area (Å²) in [7, 11) is -3.48. The van der Waals surface area contributed by atoms with E-state index in [9.17, 15) is 8.42 Å². The minimum atomic E-state index is -3.48. The van der Waals surface area contributed by atoms with E-state index in [1.165, 1.54) is 18.5 Å². The molecule has 0 bridgehead atoms. The normalized spacial score (nSPS) is 15.1. The molecular formula is C18H22N2O2S. The van der Waals surface area contributed by atoms with E-state index < -0.39 is 10.0 Å². The summed E-state index contributed by atoms with van der Waals surface area (Å²) in [5, 5.41) is 0. The van der Waals surface area contributed by atoms with E-state index in [1.807, 2.05) is 18.2 Å². The molecule has 1 saturated heterocycles. The van der Waals surface area contributed by atoms with Crippen LogP contribution in [0.2, 0.25) is 0 Å². The van der Waals surface area contributed by atoms with Crippen molar-refractivity contribution < 1.29 is 8.42 Å². The molecule has 2 aromatic rings. The Morgan fingerprint density at radius 1 is 1.00 bits per heavy atom. The lowest BCUT2D eigenvalue weighted by molar-refractivity contribution is 0.580. The molecule has 1 aliphatic heterocycles. The molecule has 0 aromatic heterocycles. The Labute approximate surface area is 138 Å². The molecule has 1 fully saturated rings. The third kappa shape index (κ3) is 3.74. The van der Waals surface area contributed by atoms with Crippen LogP contribution in [0.3, 0.4) is 0 Å². The molecule has 0 saturated carbocycles. The first-order chi connectivity index (χ1) is 11.1. The van der Waals surface area contributed by atoms with Crippen molar-refractivity contribution in [2.75, 3.05) is 18.0 Å². The fourth-order valence-electron chi connectivity index (χ4n) is 2.91. The highest BCUT2D eigenvalue weighted by molar-refractivity contribution is 7.89. The van der Waals surface area contributed by atoms with E-state index in [0.717, 1.165) is 24.2 Å². The van der Waals surface area contributed by atoms with E-state index in [1.54, 1.807) is 25.1 Å². The molecule has 0 amide bonds. The highest BCUT2D eigenvalue weighted by Crippen LogP contribution is 2.21. The minimum absolute atomic E-state index is 0.303. The average Bonchev–Trinajstić information content (AvgIpc) is 3.08. The van der Waals surface area contributed by atoms with E-state index in [4.69, 9.17) is 0 Å². The molecule has 23 heavy (non-hydrogen) atoms. The third-order valence-corrected chi connectivity index (χ3v) is 5.82. The number of hydrogen-bond acceptors (Lipinski definition) is 3. The van der Waals surface area contributed by atoms with Crippen molar-refractivity contribution in [3.05, 3.63) is 59.7 Å². The van der Waals surface area contributed by atoms with Gasteiger partial charge in [0.05, 0.1) is 4.90 Å². The Morgan fingerprint density at radius 3 is 2.30 bits per heavy atom. The predicted molar refractivity (Wildman–Crippen MR) is 93.1 cm³/mol. The standard InChI is InChI=1S/C18H22N2O2S/c1-15-6-2-3-7-18(15)23(21,22)19-14-16-8-10-17(11-9-16)20-12-4-5-13-20/h2-3,6-11,19H,4-5,12-14H2,1H3. The summed E-state index contributed by atoms with van der Waals surface area (Å²) in [6.45, 7) is 4.33. The van der Waals surface area contributed by atoms with Crippen molar-refractivity contribution in [3.8, 4) is 0 Å². The maximum absolute atomic E-state index is 12.4. The highest BCUT2D eigenvalue weighted by atomic mass is 32.2. The van der Waals surface area contributed by atoms with E-state index >= 15 is 0 Å². The Hall–Kier alpha value is -1.85. The minimum Gasteiger partial charge on any atom is -0.372 e. The second-order valence-electron chi connectivity index (χ2n) is 5.95.